The van der Waals surface area contributed by atoms with Crippen LogP contribution in [0.2, 0.25) is 0 Å². The van der Waals surface area contributed by atoms with Crippen molar-refractivity contribution in [3.8, 4) is 0 Å². The number of hydrogen-bond donors (Lipinski definition) is 0. The fourth-order valence-electron chi connectivity index (χ4n) is 3.33. The Morgan fingerprint density at radius 3 is 2.43 bits per heavy atom. The number of carbonyl (C=O) groups is 1. The Morgan fingerprint density at radius 1 is 1.13 bits per heavy atom. The highest BCUT2D eigenvalue weighted by molar-refractivity contribution is 5.83. The maximum atomic E-state index is 12.7. The Labute approximate surface area is 139 Å². The normalized spacial score (nSPS) is 17.8. The van der Waals surface area contributed by atoms with Gasteiger partial charge < -0.3 is 14.4 Å². The molecule has 23 heavy (non-hydrogen) atoms. The van der Waals surface area contributed by atoms with E-state index in [-0.39, 0.29) is 5.97 Å². The molecule has 4 heteroatoms. The number of piperidine rings is 1. The third kappa shape index (κ3) is 4.55. The van der Waals surface area contributed by atoms with Gasteiger partial charge in [-0.3, -0.25) is 4.79 Å². The van der Waals surface area contributed by atoms with Crippen molar-refractivity contribution in [3.63, 3.8) is 0 Å². The van der Waals surface area contributed by atoms with Gasteiger partial charge in [0.2, 0.25) is 0 Å². The van der Waals surface area contributed by atoms with Crippen molar-refractivity contribution in [1.29, 1.82) is 0 Å². The molecule has 0 N–H and O–H groups in total. The molecule has 1 aliphatic heterocycles. The lowest BCUT2D eigenvalue weighted by Gasteiger charge is -2.40. The van der Waals surface area contributed by atoms with Crippen molar-refractivity contribution in [2.45, 2.75) is 38.5 Å². The van der Waals surface area contributed by atoms with E-state index in [0.717, 1.165) is 57.7 Å². The second-order valence-corrected chi connectivity index (χ2v) is 6.06. The van der Waals surface area contributed by atoms with Crippen LogP contribution in [0.1, 0.15) is 38.7 Å². The van der Waals surface area contributed by atoms with Gasteiger partial charge in [0.05, 0.1) is 12.0 Å². The van der Waals surface area contributed by atoms with Gasteiger partial charge in [-0.1, -0.05) is 30.3 Å². The molecule has 1 heterocycles. The van der Waals surface area contributed by atoms with Gasteiger partial charge in [-0.15, -0.1) is 0 Å². The van der Waals surface area contributed by atoms with Crippen LogP contribution >= 0.6 is 0 Å². The molecule has 0 amide bonds. The van der Waals surface area contributed by atoms with Crippen LogP contribution in [0, 0.1) is 0 Å². The molecule has 0 bridgehead atoms. The second kappa shape index (κ2) is 9.04. The second-order valence-electron chi connectivity index (χ2n) is 6.06. The summed E-state index contributed by atoms with van der Waals surface area (Å²) < 4.78 is 10.8. The molecule has 1 saturated heterocycles. The van der Waals surface area contributed by atoms with Crippen LogP contribution in [0.3, 0.4) is 0 Å². The fraction of sp³-hybridized carbons (Fsp3) is 0.632. The lowest BCUT2D eigenvalue weighted by molar-refractivity contribution is -0.152. The predicted octanol–water partition coefficient (Wildman–Crippen LogP) is 3.01. The molecule has 4 nitrogen and oxygen atoms in total. The largest absolute Gasteiger partial charge is 0.465 e. The van der Waals surface area contributed by atoms with Gasteiger partial charge in [0, 0.05) is 19.8 Å². The molecular formula is C19H29NO3. The molecule has 2 rings (SSSR count). The number of likely N-dealkylation sites (tertiary alicyclic amines) is 1. The predicted molar refractivity (Wildman–Crippen MR) is 91.5 cm³/mol. The summed E-state index contributed by atoms with van der Waals surface area (Å²) in [4.78, 5) is 15.1. The third-order valence-electron chi connectivity index (χ3n) is 4.67. The van der Waals surface area contributed by atoms with Crippen LogP contribution < -0.4 is 0 Å². The highest BCUT2D eigenvalue weighted by atomic mass is 16.5. The minimum Gasteiger partial charge on any atom is -0.465 e. The number of ether oxygens (including phenoxy) is 2. The molecule has 128 valence electrons. The number of hydrogen-bond acceptors (Lipinski definition) is 4. The van der Waals surface area contributed by atoms with Crippen molar-refractivity contribution in [2.24, 2.45) is 0 Å². The SMILES string of the molecule is CCOCCCN1CCC(C(=O)OCC)(c2ccccc2)CC1. The smallest absolute Gasteiger partial charge is 0.316 e. The zero-order valence-electron chi connectivity index (χ0n) is 14.4. The maximum Gasteiger partial charge on any atom is 0.316 e. The summed E-state index contributed by atoms with van der Waals surface area (Å²) >= 11 is 0. The van der Waals surface area contributed by atoms with E-state index in [4.69, 9.17) is 9.47 Å². The molecular weight excluding hydrogens is 290 g/mol. The number of carbonyl (C=O) groups excluding carboxylic acids is 1. The number of rotatable bonds is 8. The Balaban J connectivity index is 2.00. The molecule has 0 aromatic heterocycles. The average molecular weight is 319 g/mol. The quantitative estimate of drug-likeness (QED) is 0.545. The molecule has 0 radical (unpaired) electrons. The van der Waals surface area contributed by atoms with Crippen LogP contribution in [0.25, 0.3) is 0 Å². The Morgan fingerprint density at radius 2 is 1.83 bits per heavy atom. The van der Waals surface area contributed by atoms with Crippen molar-refractivity contribution in [1.82, 2.24) is 4.90 Å². The summed E-state index contributed by atoms with van der Waals surface area (Å²) in [6, 6.07) is 10.1. The maximum absolute atomic E-state index is 12.7. The van der Waals surface area contributed by atoms with E-state index in [1.807, 2.05) is 32.0 Å². The van der Waals surface area contributed by atoms with Crippen LogP contribution in [0.5, 0.6) is 0 Å². The molecule has 0 atom stereocenters. The van der Waals surface area contributed by atoms with Crippen LogP contribution in [-0.4, -0.2) is 50.3 Å². The first-order valence-corrected chi connectivity index (χ1v) is 8.75. The first-order chi connectivity index (χ1) is 11.2. The van der Waals surface area contributed by atoms with Gasteiger partial charge in [0.25, 0.3) is 0 Å². The van der Waals surface area contributed by atoms with Crippen molar-refractivity contribution in [3.05, 3.63) is 35.9 Å². The lowest BCUT2D eigenvalue weighted by atomic mass is 9.72. The van der Waals surface area contributed by atoms with Gasteiger partial charge in [0.15, 0.2) is 0 Å². The first-order valence-electron chi connectivity index (χ1n) is 8.75. The van der Waals surface area contributed by atoms with E-state index in [0.29, 0.717) is 6.61 Å². The van der Waals surface area contributed by atoms with E-state index in [1.165, 1.54) is 0 Å². The summed E-state index contributed by atoms with van der Waals surface area (Å²) in [6.45, 7) is 8.82. The summed E-state index contributed by atoms with van der Waals surface area (Å²) in [6.07, 6.45) is 2.69. The van der Waals surface area contributed by atoms with Crippen molar-refractivity contribution >= 4 is 5.97 Å². The molecule has 1 fully saturated rings. The first kappa shape index (κ1) is 18.0. The minimum absolute atomic E-state index is 0.0693. The number of nitrogens with zero attached hydrogens (tertiary/aromatic N) is 1. The molecule has 0 unspecified atom stereocenters. The summed E-state index contributed by atoms with van der Waals surface area (Å²) in [5, 5.41) is 0. The average Bonchev–Trinajstić information content (AvgIpc) is 2.60. The van der Waals surface area contributed by atoms with Gasteiger partial charge in [-0.25, -0.2) is 0 Å². The van der Waals surface area contributed by atoms with Gasteiger partial charge in [-0.05, 0) is 51.8 Å². The third-order valence-corrected chi connectivity index (χ3v) is 4.67. The molecule has 1 aliphatic rings. The Bertz CT molecular complexity index is 467. The number of benzene rings is 1. The van der Waals surface area contributed by atoms with Crippen LogP contribution in [-0.2, 0) is 19.7 Å². The summed E-state index contributed by atoms with van der Waals surface area (Å²) in [5.74, 6) is -0.0693. The topological polar surface area (TPSA) is 38.8 Å². The molecule has 0 aliphatic carbocycles. The van der Waals surface area contributed by atoms with Gasteiger partial charge in [0.1, 0.15) is 0 Å². The van der Waals surface area contributed by atoms with E-state index >= 15 is 0 Å². The van der Waals surface area contributed by atoms with E-state index in [9.17, 15) is 4.79 Å². The zero-order chi connectivity index (χ0) is 16.5. The standard InChI is InChI=1S/C19H29NO3/c1-3-22-16-8-13-20-14-11-19(12-15-20,18(21)23-4-2)17-9-6-5-7-10-17/h5-7,9-10H,3-4,8,11-16H2,1-2H3. The van der Waals surface area contributed by atoms with Crippen molar-refractivity contribution in [2.75, 3.05) is 39.5 Å². The molecule has 1 aromatic rings. The lowest BCUT2D eigenvalue weighted by Crippen LogP contribution is -2.48. The Hall–Kier alpha value is -1.39. The summed E-state index contributed by atoms with van der Waals surface area (Å²) in [7, 11) is 0. The molecule has 1 aromatic carbocycles. The fourth-order valence-corrected chi connectivity index (χ4v) is 3.33. The van der Waals surface area contributed by atoms with Crippen LogP contribution in [0.15, 0.2) is 30.3 Å². The van der Waals surface area contributed by atoms with E-state index < -0.39 is 5.41 Å². The van der Waals surface area contributed by atoms with Crippen LogP contribution in [0.4, 0.5) is 0 Å². The van der Waals surface area contributed by atoms with E-state index in [2.05, 4.69) is 17.0 Å². The monoisotopic (exact) mass is 319 g/mol. The number of esters is 1. The summed E-state index contributed by atoms with van der Waals surface area (Å²) in [5.41, 5.74) is 0.612. The van der Waals surface area contributed by atoms with Crippen molar-refractivity contribution < 1.29 is 14.3 Å². The Kier molecular flexibility index (Phi) is 7.06. The molecule has 0 saturated carbocycles. The minimum atomic E-state index is -0.478. The highest BCUT2D eigenvalue weighted by Crippen LogP contribution is 2.36. The van der Waals surface area contributed by atoms with Gasteiger partial charge in [-0.2, -0.15) is 0 Å². The highest BCUT2D eigenvalue weighted by Gasteiger charge is 2.43. The zero-order valence-corrected chi connectivity index (χ0v) is 14.4. The van der Waals surface area contributed by atoms with Gasteiger partial charge >= 0.3 is 5.97 Å². The van der Waals surface area contributed by atoms with E-state index in [1.54, 1.807) is 0 Å². The molecule has 0 spiro atoms.